The summed E-state index contributed by atoms with van der Waals surface area (Å²) in [6.45, 7) is 0.00905. The summed E-state index contributed by atoms with van der Waals surface area (Å²) in [5.41, 5.74) is 6.21. The second-order valence-corrected chi connectivity index (χ2v) is 5.89. The van der Waals surface area contributed by atoms with Crippen molar-refractivity contribution in [3.8, 4) is 0 Å². The molecule has 0 unspecified atom stereocenters. The summed E-state index contributed by atoms with van der Waals surface area (Å²) >= 11 is 0. The molecule has 0 radical (unpaired) electrons. The highest BCUT2D eigenvalue weighted by molar-refractivity contribution is 7.89. The lowest BCUT2D eigenvalue weighted by Crippen LogP contribution is -2.24. The summed E-state index contributed by atoms with van der Waals surface area (Å²) in [5.74, 6) is -0.759. The fourth-order valence-electron chi connectivity index (χ4n) is 1.64. The summed E-state index contributed by atoms with van der Waals surface area (Å²) in [7, 11) is -4.09. The maximum Gasteiger partial charge on any atom is 0.383 e. The molecule has 110 valence electrons. The molecule has 2 aromatic rings. The molecule has 0 atom stereocenters. The minimum absolute atomic E-state index is 0.00905. The van der Waals surface area contributed by atoms with Gasteiger partial charge in [-0.1, -0.05) is 30.3 Å². The Balaban J connectivity index is 2.31. The van der Waals surface area contributed by atoms with Crippen LogP contribution in [0.15, 0.2) is 47.5 Å². The van der Waals surface area contributed by atoms with Crippen molar-refractivity contribution < 1.29 is 13.3 Å². The fraction of sp³-hybridized carbons (Fsp3) is 0.0833. The van der Waals surface area contributed by atoms with Crippen LogP contribution in [0.3, 0.4) is 0 Å². The van der Waals surface area contributed by atoms with Gasteiger partial charge in [0.25, 0.3) is 0 Å². The highest BCUT2D eigenvalue weighted by atomic mass is 32.2. The van der Waals surface area contributed by atoms with Gasteiger partial charge in [-0.3, -0.25) is 0 Å². The number of benzene rings is 1. The van der Waals surface area contributed by atoms with E-state index in [2.05, 4.69) is 9.71 Å². The molecule has 1 aromatic carbocycles. The van der Waals surface area contributed by atoms with Gasteiger partial charge in [-0.25, -0.2) is 13.1 Å². The van der Waals surface area contributed by atoms with E-state index < -0.39 is 25.7 Å². The number of aromatic nitrogens is 1. The van der Waals surface area contributed by atoms with Crippen molar-refractivity contribution in [3.05, 3.63) is 58.3 Å². The van der Waals surface area contributed by atoms with Crippen LogP contribution >= 0.6 is 0 Å². The van der Waals surface area contributed by atoms with Crippen LogP contribution in [0.2, 0.25) is 0 Å². The quantitative estimate of drug-likeness (QED) is 0.627. The van der Waals surface area contributed by atoms with Crippen LogP contribution in [-0.4, -0.2) is 18.3 Å². The first-order valence-electron chi connectivity index (χ1n) is 5.83. The van der Waals surface area contributed by atoms with E-state index in [9.17, 15) is 18.5 Å². The summed E-state index contributed by atoms with van der Waals surface area (Å²) in [5, 5.41) is 10.9. The molecule has 2 rings (SSSR count). The Morgan fingerprint density at radius 2 is 1.95 bits per heavy atom. The van der Waals surface area contributed by atoms with E-state index in [1.165, 1.54) is 0 Å². The third kappa shape index (κ3) is 3.52. The SMILES string of the molecule is Nc1cnc([N+](=O)[O-])c(S(=O)(=O)NCc2ccccc2)c1. The van der Waals surface area contributed by atoms with Gasteiger partial charge in [0, 0.05) is 6.54 Å². The second kappa shape index (κ2) is 5.85. The van der Waals surface area contributed by atoms with Gasteiger partial charge in [-0.05, 0) is 21.5 Å². The molecule has 1 aromatic heterocycles. The van der Waals surface area contributed by atoms with Gasteiger partial charge in [0.2, 0.25) is 10.0 Å². The third-order valence-electron chi connectivity index (χ3n) is 2.63. The molecule has 3 N–H and O–H groups in total. The van der Waals surface area contributed by atoms with Crippen LogP contribution < -0.4 is 10.5 Å². The van der Waals surface area contributed by atoms with Crippen molar-refractivity contribution in [2.24, 2.45) is 0 Å². The molecule has 0 aliphatic rings. The van der Waals surface area contributed by atoms with Gasteiger partial charge >= 0.3 is 5.82 Å². The monoisotopic (exact) mass is 308 g/mol. The first-order chi connectivity index (χ1) is 9.90. The first-order valence-corrected chi connectivity index (χ1v) is 7.32. The number of nitrogens with zero attached hydrogens (tertiary/aromatic N) is 2. The lowest BCUT2D eigenvalue weighted by Gasteiger charge is -2.07. The number of rotatable bonds is 5. The number of nitrogens with two attached hydrogens (primary N) is 1. The van der Waals surface area contributed by atoms with Crippen LogP contribution in [0.25, 0.3) is 0 Å². The first kappa shape index (κ1) is 14.9. The molecule has 0 bridgehead atoms. The summed E-state index contributed by atoms with van der Waals surface area (Å²) in [6, 6.07) is 9.79. The predicted molar refractivity (Wildman–Crippen MR) is 75.8 cm³/mol. The van der Waals surface area contributed by atoms with Crippen molar-refractivity contribution in [1.29, 1.82) is 0 Å². The second-order valence-electron chi connectivity index (χ2n) is 4.16. The maximum atomic E-state index is 12.2. The Labute approximate surface area is 120 Å². The van der Waals surface area contributed by atoms with E-state index in [0.29, 0.717) is 0 Å². The minimum atomic E-state index is -4.09. The van der Waals surface area contributed by atoms with E-state index in [-0.39, 0.29) is 12.2 Å². The van der Waals surface area contributed by atoms with Crippen molar-refractivity contribution in [1.82, 2.24) is 9.71 Å². The number of nitrogens with one attached hydrogen (secondary N) is 1. The molecule has 0 saturated heterocycles. The fourth-order valence-corrected chi connectivity index (χ4v) is 2.81. The molecule has 0 saturated carbocycles. The Morgan fingerprint density at radius 1 is 1.29 bits per heavy atom. The predicted octanol–water partition coefficient (Wildman–Crippen LogP) is 1.05. The number of nitrogen functional groups attached to an aromatic ring is 1. The topological polar surface area (TPSA) is 128 Å². The summed E-state index contributed by atoms with van der Waals surface area (Å²) in [4.78, 5) is 12.9. The summed E-state index contributed by atoms with van der Waals surface area (Å²) < 4.78 is 26.6. The molecule has 21 heavy (non-hydrogen) atoms. The molecular weight excluding hydrogens is 296 g/mol. The number of hydrogen-bond acceptors (Lipinski definition) is 6. The lowest BCUT2D eigenvalue weighted by molar-refractivity contribution is -0.392. The molecule has 0 amide bonds. The molecule has 1 heterocycles. The zero-order valence-electron chi connectivity index (χ0n) is 10.8. The molecule has 0 fully saturated rings. The number of hydrogen-bond donors (Lipinski definition) is 2. The number of sulfonamides is 1. The number of nitro groups is 1. The molecule has 0 spiro atoms. The van der Waals surface area contributed by atoms with Crippen LogP contribution in [0, 0.1) is 10.1 Å². The highest BCUT2D eigenvalue weighted by Crippen LogP contribution is 2.23. The van der Waals surface area contributed by atoms with Gasteiger partial charge in [0.1, 0.15) is 0 Å². The molecule has 0 aliphatic heterocycles. The number of pyridine rings is 1. The van der Waals surface area contributed by atoms with Crippen LogP contribution in [0.4, 0.5) is 11.5 Å². The average molecular weight is 308 g/mol. The van der Waals surface area contributed by atoms with Crippen LogP contribution in [-0.2, 0) is 16.6 Å². The summed E-state index contributed by atoms with van der Waals surface area (Å²) in [6.07, 6.45) is 1.04. The van der Waals surface area contributed by atoms with Crippen molar-refractivity contribution in [2.75, 3.05) is 5.73 Å². The van der Waals surface area contributed by atoms with Gasteiger partial charge in [0.05, 0.1) is 5.69 Å². The maximum absolute atomic E-state index is 12.2. The molecular formula is C12H12N4O4S. The van der Waals surface area contributed by atoms with Crippen molar-refractivity contribution >= 4 is 21.5 Å². The highest BCUT2D eigenvalue weighted by Gasteiger charge is 2.27. The molecule has 0 aliphatic carbocycles. The Morgan fingerprint density at radius 3 is 2.57 bits per heavy atom. The zero-order chi connectivity index (χ0) is 15.5. The van der Waals surface area contributed by atoms with E-state index >= 15 is 0 Å². The smallest absolute Gasteiger partial charge is 0.383 e. The zero-order valence-corrected chi connectivity index (χ0v) is 11.6. The molecule has 8 nitrogen and oxygen atoms in total. The van der Waals surface area contributed by atoms with Gasteiger partial charge in [0.15, 0.2) is 11.1 Å². The van der Waals surface area contributed by atoms with E-state index in [1.807, 2.05) is 0 Å². The largest absolute Gasteiger partial charge is 0.396 e. The van der Waals surface area contributed by atoms with Gasteiger partial charge < -0.3 is 15.8 Å². The lowest BCUT2D eigenvalue weighted by atomic mass is 10.2. The van der Waals surface area contributed by atoms with Crippen LogP contribution in [0.5, 0.6) is 0 Å². The van der Waals surface area contributed by atoms with E-state index in [4.69, 9.17) is 5.73 Å². The van der Waals surface area contributed by atoms with Crippen LogP contribution in [0.1, 0.15) is 5.56 Å². The number of anilines is 1. The van der Waals surface area contributed by atoms with Gasteiger partial charge in [-0.2, -0.15) is 0 Å². The Bertz CT molecular complexity index is 762. The van der Waals surface area contributed by atoms with Crippen molar-refractivity contribution in [2.45, 2.75) is 11.4 Å². The minimum Gasteiger partial charge on any atom is -0.396 e. The Hall–Kier alpha value is -2.52. The molecule has 9 heteroatoms. The van der Waals surface area contributed by atoms with Crippen molar-refractivity contribution in [3.63, 3.8) is 0 Å². The standard InChI is InChI=1S/C12H12N4O4S/c13-10-6-11(12(14-8-10)16(17)18)21(19,20)15-7-9-4-2-1-3-5-9/h1-6,8,15H,7,13H2. The van der Waals surface area contributed by atoms with E-state index in [0.717, 1.165) is 17.8 Å². The average Bonchev–Trinajstić information content (AvgIpc) is 2.46. The van der Waals surface area contributed by atoms with E-state index in [1.54, 1.807) is 30.3 Å². The van der Waals surface area contributed by atoms with Gasteiger partial charge in [-0.15, -0.1) is 0 Å². The Kier molecular flexibility index (Phi) is 4.15. The normalized spacial score (nSPS) is 11.2. The third-order valence-corrected chi connectivity index (χ3v) is 4.03.